The molecule has 2 aliphatic rings. The number of amides is 1. The molecule has 1 atom stereocenters. The molecule has 0 aromatic heterocycles. The minimum atomic E-state index is -3.60. The molecule has 148 valence electrons. The first-order valence-electron chi connectivity index (χ1n) is 9.25. The number of benzene rings is 2. The van der Waals surface area contributed by atoms with E-state index in [1.165, 1.54) is 4.90 Å². The zero-order valence-electron chi connectivity index (χ0n) is 15.3. The third-order valence-electron chi connectivity index (χ3n) is 5.38. The molecule has 8 heteroatoms. The summed E-state index contributed by atoms with van der Waals surface area (Å²) in [6.45, 7) is 2.76. The summed E-state index contributed by atoms with van der Waals surface area (Å²) in [5.41, 5.74) is 0.960. The van der Waals surface area contributed by atoms with E-state index in [1.807, 2.05) is 6.07 Å². The molecule has 1 unspecified atom stereocenters. The Hall–Kier alpha value is -2.58. The summed E-state index contributed by atoms with van der Waals surface area (Å²) < 4.78 is 31.5. The van der Waals surface area contributed by atoms with Crippen LogP contribution in [0.1, 0.15) is 18.0 Å². The van der Waals surface area contributed by atoms with Crippen LogP contribution in [0.5, 0.6) is 5.75 Å². The minimum absolute atomic E-state index is 0.105. The van der Waals surface area contributed by atoms with Gasteiger partial charge in [-0.15, -0.1) is 0 Å². The van der Waals surface area contributed by atoms with Crippen LogP contribution in [-0.4, -0.2) is 62.2 Å². The highest BCUT2D eigenvalue weighted by Crippen LogP contribution is 2.38. The molecule has 7 nitrogen and oxygen atoms in total. The SMILES string of the molecule is O=C(O)N1CCN(C2CCOc3cc(S(=O)(=O)c4ccccc4)ccc32)CC1. The Morgan fingerprint density at radius 3 is 2.39 bits per heavy atom. The highest BCUT2D eigenvalue weighted by atomic mass is 32.2. The third-order valence-corrected chi connectivity index (χ3v) is 7.15. The normalized spacial score (nSPS) is 20.3. The minimum Gasteiger partial charge on any atom is -0.493 e. The van der Waals surface area contributed by atoms with Crippen molar-refractivity contribution < 1.29 is 23.1 Å². The first kappa shape index (κ1) is 18.8. The van der Waals surface area contributed by atoms with Gasteiger partial charge in [-0.25, -0.2) is 13.2 Å². The summed E-state index contributed by atoms with van der Waals surface area (Å²) >= 11 is 0. The molecule has 0 aliphatic carbocycles. The molecule has 2 aromatic carbocycles. The van der Waals surface area contributed by atoms with E-state index >= 15 is 0 Å². The number of nitrogens with zero attached hydrogens (tertiary/aromatic N) is 2. The van der Waals surface area contributed by atoms with Crippen molar-refractivity contribution in [3.8, 4) is 5.75 Å². The zero-order chi connectivity index (χ0) is 19.7. The number of hydrogen-bond acceptors (Lipinski definition) is 5. The van der Waals surface area contributed by atoms with Crippen LogP contribution in [0.3, 0.4) is 0 Å². The van der Waals surface area contributed by atoms with Crippen LogP contribution in [0.4, 0.5) is 4.79 Å². The van der Waals surface area contributed by atoms with Crippen molar-refractivity contribution in [2.45, 2.75) is 22.3 Å². The molecule has 4 rings (SSSR count). The molecule has 0 spiro atoms. The van der Waals surface area contributed by atoms with Gasteiger partial charge >= 0.3 is 6.09 Å². The molecular formula is C20H22N2O5S. The van der Waals surface area contributed by atoms with Crippen LogP contribution in [0.25, 0.3) is 0 Å². The lowest BCUT2D eigenvalue weighted by Gasteiger charge is -2.40. The van der Waals surface area contributed by atoms with Gasteiger partial charge in [0.2, 0.25) is 9.84 Å². The van der Waals surface area contributed by atoms with E-state index in [4.69, 9.17) is 9.84 Å². The van der Waals surface area contributed by atoms with E-state index < -0.39 is 15.9 Å². The van der Waals surface area contributed by atoms with Crippen LogP contribution in [-0.2, 0) is 9.84 Å². The summed E-state index contributed by atoms with van der Waals surface area (Å²) in [7, 11) is -3.60. The number of carboxylic acid groups (broad SMARTS) is 1. The van der Waals surface area contributed by atoms with Gasteiger partial charge in [-0.2, -0.15) is 0 Å². The third kappa shape index (κ3) is 3.45. The van der Waals surface area contributed by atoms with Gasteiger partial charge in [0.05, 0.1) is 16.4 Å². The van der Waals surface area contributed by atoms with Crippen molar-refractivity contribution in [1.29, 1.82) is 0 Å². The summed E-state index contributed by atoms with van der Waals surface area (Å²) in [6.07, 6.45) is -0.0898. The molecule has 2 aliphatic heterocycles. The highest BCUT2D eigenvalue weighted by Gasteiger charge is 2.31. The second-order valence-electron chi connectivity index (χ2n) is 6.97. The number of hydrogen-bond donors (Lipinski definition) is 1. The summed E-state index contributed by atoms with van der Waals surface area (Å²) in [5.74, 6) is 0.592. The molecule has 0 radical (unpaired) electrons. The fourth-order valence-corrected chi connectivity index (χ4v) is 5.16. The quantitative estimate of drug-likeness (QED) is 0.849. The van der Waals surface area contributed by atoms with E-state index in [1.54, 1.807) is 42.5 Å². The Labute approximate surface area is 164 Å². The maximum atomic E-state index is 12.9. The van der Waals surface area contributed by atoms with Crippen LogP contribution in [0, 0.1) is 0 Å². The van der Waals surface area contributed by atoms with Gasteiger partial charge in [0, 0.05) is 44.2 Å². The van der Waals surface area contributed by atoms with Crippen molar-refractivity contribution in [2.24, 2.45) is 0 Å². The van der Waals surface area contributed by atoms with Gasteiger partial charge in [-0.3, -0.25) is 4.90 Å². The van der Waals surface area contributed by atoms with Crippen LogP contribution < -0.4 is 4.74 Å². The molecule has 2 heterocycles. The van der Waals surface area contributed by atoms with Crippen molar-refractivity contribution in [3.63, 3.8) is 0 Å². The standard InChI is InChI=1S/C20H22N2O5S/c23-20(24)22-11-9-21(10-12-22)18-8-13-27-19-14-16(6-7-17(18)19)28(25,26)15-4-2-1-3-5-15/h1-7,14,18H,8-13H2,(H,23,24). The Morgan fingerprint density at radius 1 is 1.00 bits per heavy atom. The number of fused-ring (bicyclic) bond motifs is 1. The topological polar surface area (TPSA) is 87.2 Å². The Morgan fingerprint density at radius 2 is 1.71 bits per heavy atom. The van der Waals surface area contributed by atoms with E-state index in [0.717, 1.165) is 12.0 Å². The van der Waals surface area contributed by atoms with E-state index in [9.17, 15) is 13.2 Å². The first-order chi connectivity index (χ1) is 13.5. The maximum Gasteiger partial charge on any atom is 0.407 e. The molecule has 0 bridgehead atoms. The van der Waals surface area contributed by atoms with Gasteiger partial charge in [0.1, 0.15) is 5.75 Å². The van der Waals surface area contributed by atoms with Crippen molar-refractivity contribution >= 4 is 15.9 Å². The molecule has 2 aromatic rings. The lowest BCUT2D eigenvalue weighted by molar-refractivity contribution is 0.0698. The van der Waals surface area contributed by atoms with Crippen LogP contribution in [0.2, 0.25) is 0 Å². The van der Waals surface area contributed by atoms with Crippen LogP contribution in [0.15, 0.2) is 58.3 Å². The van der Waals surface area contributed by atoms with E-state index in [2.05, 4.69) is 4.90 Å². The van der Waals surface area contributed by atoms with Crippen molar-refractivity contribution in [1.82, 2.24) is 9.80 Å². The van der Waals surface area contributed by atoms with Crippen molar-refractivity contribution in [2.75, 3.05) is 32.8 Å². The summed E-state index contributed by atoms with van der Waals surface area (Å²) in [5, 5.41) is 9.12. The molecule has 28 heavy (non-hydrogen) atoms. The van der Waals surface area contributed by atoms with Crippen molar-refractivity contribution in [3.05, 3.63) is 54.1 Å². The van der Waals surface area contributed by atoms with Gasteiger partial charge in [-0.1, -0.05) is 24.3 Å². The molecule has 1 saturated heterocycles. The largest absolute Gasteiger partial charge is 0.493 e. The van der Waals surface area contributed by atoms with E-state index in [-0.39, 0.29) is 15.8 Å². The zero-order valence-corrected chi connectivity index (χ0v) is 16.1. The smallest absolute Gasteiger partial charge is 0.407 e. The fourth-order valence-electron chi connectivity index (χ4n) is 3.86. The second-order valence-corrected chi connectivity index (χ2v) is 8.92. The molecule has 0 saturated carbocycles. The number of sulfone groups is 1. The molecule has 1 N–H and O–H groups in total. The Bertz CT molecular complexity index is 969. The van der Waals surface area contributed by atoms with E-state index in [0.29, 0.717) is 38.5 Å². The average Bonchev–Trinajstić information content (AvgIpc) is 2.73. The molecule has 1 amide bonds. The second kappa shape index (κ2) is 7.44. The number of rotatable bonds is 3. The Kier molecular flexibility index (Phi) is 4.99. The summed E-state index contributed by atoms with van der Waals surface area (Å²) in [4.78, 5) is 15.3. The van der Waals surface area contributed by atoms with Gasteiger partial charge < -0.3 is 14.7 Å². The predicted octanol–water partition coefficient (Wildman–Crippen LogP) is 2.64. The predicted molar refractivity (Wildman–Crippen MR) is 102 cm³/mol. The van der Waals surface area contributed by atoms with Gasteiger partial charge in [0.15, 0.2) is 0 Å². The average molecular weight is 402 g/mol. The first-order valence-corrected chi connectivity index (χ1v) is 10.7. The number of carbonyl (C=O) groups is 1. The Balaban J connectivity index is 1.59. The number of piperazine rings is 1. The van der Waals surface area contributed by atoms with Crippen LogP contribution >= 0.6 is 0 Å². The monoisotopic (exact) mass is 402 g/mol. The van der Waals surface area contributed by atoms with Gasteiger partial charge in [0.25, 0.3) is 0 Å². The fraction of sp³-hybridized carbons (Fsp3) is 0.350. The molecule has 1 fully saturated rings. The maximum absolute atomic E-state index is 12.9. The lowest BCUT2D eigenvalue weighted by Crippen LogP contribution is -2.49. The summed E-state index contributed by atoms with van der Waals surface area (Å²) in [6, 6.07) is 13.5. The molecular weight excluding hydrogens is 380 g/mol. The van der Waals surface area contributed by atoms with Gasteiger partial charge in [-0.05, 0) is 24.3 Å². The lowest BCUT2D eigenvalue weighted by atomic mass is 9.98. The highest BCUT2D eigenvalue weighted by molar-refractivity contribution is 7.91. The number of ether oxygens (including phenoxy) is 1.